The normalized spacial score (nSPS) is 15.0. The lowest BCUT2D eigenvalue weighted by molar-refractivity contribution is -0.117. The number of piperazine rings is 1. The van der Waals surface area contributed by atoms with Crippen LogP contribution in [0.3, 0.4) is 0 Å². The highest BCUT2D eigenvalue weighted by molar-refractivity contribution is 6.10. The van der Waals surface area contributed by atoms with Crippen molar-refractivity contribution in [3.63, 3.8) is 0 Å². The number of benzene rings is 2. The largest absolute Gasteiger partial charge is 0.383 e. The fourth-order valence-electron chi connectivity index (χ4n) is 3.50. The summed E-state index contributed by atoms with van der Waals surface area (Å²) in [5.74, 6) is -0.362. The van der Waals surface area contributed by atoms with Crippen molar-refractivity contribution in [2.45, 2.75) is 6.92 Å². The van der Waals surface area contributed by atoms with Gasteiger partial charge in [-0.3, -0.25) is 19.4 Å². The Hall–Kier alpha value is -2.74. The average molecular weight is 411 g/mol. The number of ether oxygens (including phenoxy) is 1. The van der Waals surface area contributed by atoms with Crippen molar-refractivity contribution in [2.75, 3.05) is 63.6 Å². The van der Waals surface area contributed by atoms with Crippen molar-refractivity contribution in [1.29, 1.82) is 0 Å². The number of para-hydroxylation sites is 1. The van der Waals surface area contributed by atoms with E-state index < -0.39 is 0 Å². The SMILES string of the molecule is COCCN1CCN(CC(=O)Nc2ccccc2C(=O)Nc2cccc(C)c2)CC1. The molecule has 2 aromatic rings. The van der Waals surface area contributed by atoms with E-state index in [4.69, 9.17) is 4.74 Å². The lowest BCUT2D eigenvalue weighted by atomic mass is 10.1. The molecule has 2 N–H and O–H groups in total. The van der Waals surface area contributed by atoms with Gasteiger partial charge in [0.2, 0.25) is 5.91 Å². The second-order valence-electron chi connectivity index (χ2n) is 7.53. The van der Waals surface area contributed by atoms with Crippen LogP contribution in [-0.4, -0.2) is 74.6 Å². The monoisotopic (exact) mass is 410 g/mol. The molecule has 7 heteroatoms. The zero-order chi connectivity index (χ0) is 21.3. The molecule has 1 saturated heterocycles. The number of nitrogens with zero attached hydrogens (tertiary/aromatic N) is 2. The molecule has 0 bridgehead atoms. The summed E-state index contributed by atoms with van der Waals surface area (Å²) < 4.78 is 5.12. The van der Waals surface area contributed by atoms with Gasteiger partial charge < -0.3 is 15.4 Å². The van der Waals surface area contributed by atoms with Crippen LogP contribution in [0, 0.1) is 6.92 Å². The van der Waals surface area contributed by atoms with E-state index in [0.29, 0.717) is 17.8 Å². The first-order valence-corrected chi connectivity index (χ1v) is 10.3. The number of aryl methyl sites for hydroxylation is 1. The highest BCUT2D eigenvalue weighted by Gasteiger charge is 2.20. The first-order valence-electron chi connectivity index (χ1n) is 10.3. The number of anilines is 2. The number of hydrogen-bond acceptors (Lipinski definition) is 5. The molecular weight excluding hydrogens is 380 g/mol. The van der Waals surface area contributed by atoms with E-state index in [9.17, 15) is 9.59 Å². The summed E-state index contributed by atoms with van der Waals surface area (Å²) in [6.07, 6.45) is 0. The zero-order valence-corrected chi connectivity index (χ0v) is 17.7. The number of methoxy groups -OCH3 is 1. The van der Waals surface area contributed by atoms with Crippen molar-refractivity contribution in [3.8, 4) is 0 Å². The van der Waals surface area contributed by atoms with Crippen LogP contribution in [-0.2, 0) is 9.53 Å². The van der Waals surface area contributed by atoms with Crippen LogP contribution in [0.25, 0.3) is 0 Å². The smallest absolute Gasteiger partial charge is 0.257 e. The van der Waals surface area contributed by atoms with E-state index >= 15 is 0 Å². The summed E-state index contributed by atoms with van der Waals surface area (Å²) in [6, 6.07) is 14.7. The van der Waals surface area contributed by atoms with Crippen LogP contribution in [0.1, 0.15) is 15.9 Å². The molecule has 7 nitrogen and oxygen atoms in total. The summed E-state index contributed by atoms with van der Waals surface area (Å²) in [5.41, 5.74) is 2.76. The molecule has 1 aliphatic rings. The molecule has 160 valence electrons. The van der Waals surface area contributed by atoms with Gasteiger partial charge >= 0.3 is 0 Å². The van der Waals surface area contributed by atoms with Crippen LogP contribution in [0.4, 0.5) is 11.4 Å². The quantitative estimate of drug-likeness (QED) is 0.699. The predicted molar refractivity (Wildman–Crippen MR) is 119 cm³/mol. The van der Waals surface area contributed by atoms with E-state index in [1.54, 1.807) is 25.3 Å². The fraction of sp³-hybridized carbons (Fsp3) is 0.391. The van der Waals surface area contributed by atoms with Gasteiger partial charge in [0.05, 0.1) is 24.4 Å². The highest BCUT2D eigenvalue weighted by Crippen LogP contribution is 2.18. The Bertz CT molecular complexity index is 863. The fourth-order valence-corrected chi connectivity index (χ4v) is 3.50. The van der Waals surface area contributed by atoms with Crippen molar-refractivity contribution in [3.05, 3.63) is 59.7 Å². The van der Waals surface area contributed by atoms with Crippen molar-refractivity contribution in [2.24, 2.45) is 0 Å². The van der Waals surface area contributed by atoms with E-state index in [-0.39, 0.29) is 11.8 Å². The van der Waals surface area contributed by atoms with Crippen molar-refractivity contribution < 1.29 is 14.3 Å². The van der Waals surface area contributed by atoms with Gasteiger partial charge in [-0.1, -0.05) is 24.3 Å². The minimum absolute atomic E-state index is 0.115. The summed E-state index contributed by atoms with van der Waals surface area (Å²) >= 11 is 0. The van der Waals surface area contributed by atoms with Crippen LogP contribution in [0.2, 0.25) is 0 Å². The first-order chi connectivity index (χ1) is 14.5. The molecule has 0 radical (unpaired) electrons. The Morgan fingerprint density at radius 3 is 2.43 bits per heavy atom. The molecule has 3 rings (SSSR count). The molecule has 0 aromatic heterocycles. The lowest BCUT2D eigenvalue weighted by Gasteiger charge is -2.34. The van der Waals surface area contributed by atoms with Gasteiger partial charge in [-0.25, -0.2) is 0 Å². The maximum Gasteiger partial charge on any atom is 0.257 e. The molecule has 1 aliphatic heterocycles. The number of nitrogens with one attached hydrogen (secondary N) is 2. The molecule has 2 aromatic carbocycles. The van der Waals surface area contributed by atoms with Crippen LogP contribution >= 0.6 is 0 Å². The van der Waals surface area contributed by atoms with Gasteiger partial charge in [-0.2, -0.15) is 0 Å². The van der Waals surface area contributed by atoms with Crippen LogP contribution < -0.4 is 10.6 Å². The number of amides is 2. The highest BCUT2D eigenvalue weighted by atomic mass is 16.5. The second kappa shape index (κ2) is 10.9. The van der Waals surface area contributed by atoms with E-state index in [0.717, 1.165) is 50.6 Å². The van der Waals surface area contributed by atoms with Gasteiger partial charge in [-0.15, -0.1) is 0 Å². The summed E-state index contributed by atoms with van der Waals surface area (Å²) in [5, 5.41) is 5.81. The van der Waals surface area contributed by atoms with Crippen molar-refractivity contribution in [1.82, 2.24) is 9.80 Å². The standard InChI is InChI=1S/C23H30N4O3/c1-18-6-5-7-19(16-18)24-23(29)20-8-3-4-9-21(20)25-22(28)17-27-12-10-26(11-13-27)14-15-30-2/h3-9,16H,10-15,17H2,1-2H3,(H,24,29)(H,25,28). The Balaban J connectivity index is 1.55. The third kappa shape index (κ3) is 6.38. The summed E-state index contributed by atoms with van der Waals surface area (Å²) in [7, 11) is 1.71. The van der Waals surface area contributed by atoms with Crippen molar-refractivity contribution >= 4 is 23.2 Å². The molecule has 0 spiro atoms. The van der Waals surface area contributed by atoms with Crippen LogP contribution in [0.15, 0.2) is 48.5 Å². The number of rotatable bonds is 8. The molecule has 0 atom stereocenters. The topological polar surface area (TPSA) is 73.9 Å². The minimum Gasteiger partial charge on any atom is -0.383 e. The molecule has 1 fully saturated rings. The van der Waals surface area contributed by atoms with E-state index in [1.165, 1.54) is 0 Å². The molecule has 0 unspecified atom stereocenters. The van der Waals surface area contributed by atoms with Gasteiger partial charge in [-0.05, 0) is 36.8 Å². The van der Waals surface area contributed by atoms with Gasteiger partial charge in [0.25, 0.3) is 5.91 Å². The number of carbonyl (C=O) groups excluding carboxylic acids is 2. The third-order valence-electron chi connectivity index (χ3n) is 5.17. The Kier molecular flexibility index (Phi) is 7.96. The second-order valence-corrected chi connectivity index (χ2v) is 7.53. The predicted octanol–water partition coefficient (Wildman–Crippen LogP) is 2.45. The molecule has 1 heterocycles. The Morgan fingerprint density at radius 1 is 0.967 bits per heavy atom. The summed E-state index contributed by atoms with van der Waals surface area (Å²) in [4.78, 5) is 29.8. The molecule has 0 saturated carbocycles. The van der Waals surface area contributed by atoms with Gasteiger partial charge in [0, 0.05) is 45.5 Å². The Labute approximate surface area is 178 Å². The third-order valence-corrected chi connectivity index (χ3v) is 5.17. The Morgan fingerprint density at radius 2 is 1.70 bits per heavy atom. The number of hydrogen-bond donors (Lipinski definition) is 2. The molecule has 0 aliphatic carbocycles. The lowest BCUT2D eigenvalue weighted by Crippen LogP contribution is -2.49. The van der Waals surface area contributed by atoms with Gasteiger partial charge in [0.1, 0.15) is 0 Å². The minimum atomic E-state index is -0.247. The van der Waals surface area contributed by atoms with Crippen LogP contribution in [0.5, 0.6) is 0 Å². The zero-order valence-electron chi connectivity index (χ0n) is 17.7. The maximum atomic E-state index is 12.8. The molecular formula is C23H30N4O3. The summed E-state index contributed by atoms with van der Waals surface area (Å²) in [6.45, 7) is 7.45. The molecule has 2 amide bonds. The van der Waals surface area contributed by atoms with Gasteiger partial charge in [0.15, 0.2) is 0 Å². The maximum absolute atomic E-state index is 12.8. The average Bonchev–Trinajstić information content (AvgIpc) is 2.73. The number of carbonyl (C=O) groups is 2. The molecule has 30 heavy (non-hydrogen) atoms. The van der Waals surface area contributed by atoms with E-state index in [2.05, 4.69) is 20.4 Å². The first kappa shape index (κ1) is 22.0. The van der Waals surface area contributed by atoms with E-state index in [1.807, 2.05) is 37.3 Å².